The van der Waals surface area contributed by atoms with Crippen molar-refractivity contribution in [1.82, 2.24) is 10.6 Å². The molecule has 1 fully saturated rings. The summed E-state index contributed by atoms with van der Waals surface area (Å²) in [5.41, 5.74) is 0. The van der Waals surface area contributed by atoms with Crippen LogP contribution in [0.4, 0.5) is 0 Å². The third-order valence-corrected chi connectivity index (χ3v) is 2.60. The molecule has 1 saturated heterocycles. The van der Waals surface area contributed by atoms with E-state index in [2.05, 4.69) is 10.6 Å². The SMILES string of the molecule is O=C(O)CNC(=O)CNC(=O)CCC1CCCO1. The highest BCUT2D eigenvalue weighted by Crippen LogP contribution is 2.16. The highest BCUT2D eigenvalue weighted by Gasteiger charge is 2.16. The molecule has 0 radical (unpaired) electrons. The van der Waals surface area contributed by atoms with Crippen molar-refractivity contribution in [3.8, 4) is 0 Å². The van der Waals surface area contributed by atoms with Crippen LogP contribution in [0.2, 0.25) is 0 Å². The van der Waals surface area contributed by atoms with Crippen molar-refractivity contribution in [2.45, 2.75) is 31.8 Å². The second-order valence-electron chi connectivity index (χ2n) is 4.12. The molecule has 1 aliphatic rings. The molecular weight excluding hydrogens is 240 g/mol. The maximum atomic E-state index is 11.4. The zero-order chi connectivity index (χ0) is 13.4. The van der Waals surface area contributed by atoms with Gasteiger partial charge < -0.3 is 20.5 Å². The lowest BCUT2D eigenvalue weighted by Gasteiger charge is -2.09. The second kappa shape index (κ2) is 7.65. The molecule has 0 saturated carbocycles. The van der Waals surface area contributed by atoms with E-state index in [0.29, 0.717) is 12.8 Å². The summed E-state index contributed by atoms with van der Waals surface area (Å²) in [4.78, 5) is 32.7. The van der Waals surface area contributed by atoms with Crippen LogP contribution >= 0.6 is 0 Å². The van der Waals surface area contributed by atoms with E-state index in [1.165, 1.54) is 0 Å². The van der Waals surface area contributed by atoms with Crippen LogP contribution in [0, 0.1) is 0 Å². The lowest BCUT2D eigenvalue weighted by molar-refractivity contribution is -0.137. The largest absolute Gasteiger partial charge is 0.480 e. The standard InChI is InChI=1S/C11H18N2O5/c14-9(4-3-8-2-1-5-18-8)12-6-10(15)13-7-11(16)17/h8H,1-7H2,(H,12,14)(H,13,15)(H,16,17). The Morgan fingerprint density at radius 1 is 1.17 bits per heavy atom. The number of nitrogens with one attached hydrogen (secondary N) is 2. The van der Waals surface area contributed by atoms with Crippen molar-refractivity contribution in [3.05, 3.63) is 0 Å². The summed E-state index contributed by atoms with van der Waals surface area (Å²) < 4.78 is 5.37. The molecule has 7 heteroatoms. The molecule has 18 heavy (non-hydrogen) atoms. The molecule has 102 valence electrons. The van der Waals surface area contributed by atoms with Gasteiger partial charge in [-0.05, 0) is 19.3 Å². The molecule has 3 N–H and O–H groups in total. The molecular formula is C11H18N2O5. The first kappa shape index (κ1) is 14.4. The van der Waals surface area contributed by atoms with Gasteiger partial charge in [0.2, 0.25) is 11.8 Å². The maximum absolute atomic E-state index is 11.4. The molecule has 1 aliphatic heterocycles. The minimum Gasteiger partial charge on any atom is -0.480 e. The van der Waals surface area contributed by atoms with Gasteiger partial charge in [0, 0.05) is 13.0 Å². The second-order valence-corrected chi connectivity index (χ2v) is 4.12. The lowest BCUT2D eigenvalue weighted by atomic mass is 10.1. The van der Waals surface area contributed by atoms with E-state index in [4.69, 9.17) is 9.84 Å². The fourth-order valence-electron chi connectivity index (χ4n) is 1.67. The van der Waals surface area contributed by atoms with E-state index in [-0.39, 0.29) is 18.6 Å². The van der Waals surface area contributed by atoms with E-state index >= 15 is 0 Å². The highest BCUT2D eigenvalue weighted by atomic mass is 16.5. The van der Waals surface area contributed by atoms with Crippen LogP contribution in [0.25, 0.3) is 0 Å². The van der Waals surface area contributed by atoms with Crippen LogP contribution in [-0.2, 0) is 19.1 Å². The van der Waals surface area contributed by atoms with Crippen molar-refractivity contribution in [3.63, 3.8) is 0 Å². The fraction of sp³-hybridized carbons (Fsp3) is 0.727. The Hall–Kier alpha value is -1.63. The number of carboxylic acids is 1. The average Bonchev–Trinajstić information content (AvgIpc) is 2.84. The van der Waals surface area contributed by atoms with Gasteiger partial charge in [0.05, 0.1) is 12.6 Å². The lowest BCUT2D eigenvalue weighted by Crippen LogP contribution is -2.39. The molecule has 7 nitrogen and oxygen atoms in total. The van der Waals surface area contributed by atoms with Gasteiger partial charge in [-0.3, -0.25) is 14.4 Å². The van der Waals surface area contributed by atoms with Gasteiger partial charge in [0.1, 0.15) is 6.54 Å². The number of carbonyl (C=O) groups is 3. The van der Waals surface area contributed by atoms with Crippen LogP contribution in [0.3, 0.4) is 0 Å². The van der Waals surface area contributed by atoms with E-state index in [0.717, 1.165) is 19.4 Å². The van der Waals surface area contributed by atoms with E-state index in [9.17, 15) is 14.4 Å². The summed E-state index contributed by atoms with van der Waals surface area (Å²) in [5.74, 6) is -1.85. The van der Waals surface area contributed by atoms with Gasteiger partial charge in [-0.25, -0.2) is 0 Å². The Labute approximate surface area is 105 Å². The number of carboxylic acid groups (broad SMARTS) is 1. The number of hydrogen-bond acceptors (Lipinski definition) is 4. The van der Waals surface area contributed by atoms with Crippen molar-refractivity contribution < 1.29 is 24.2 Å². The normalized spacial score (nSPS) is 18.3. The highest BCUT2D eigenvalue weighted by molar-refractivity contribution is 5.86. The van der Waals surface area contributed by atoms with Gasteiger partial charge >= 0.3 is 5.97 Å². The van der Waals surface area contributed by atoms with Crippen molar-refractivity contribution in [2.75, 3.05) is 19.7 Å². The molecule has 1 atom stereocenters. The van der Waals surface area contributed by atoms with Gasteiger partial charge in [-0.15, -0.1) is 0 Å². The van der Waals surface area contributed by atoms with Crippen molar-refractivity contribution in [1.29, 1.82) is 0 Å². The monoisotopic (exact) mass is 258 g/mol. The third-order valence-electron chi connectivity index (χ3n) is 2.60. The first-order valence-corrected chi connectivity index (χ1v) is 5.94. The van der Waals surface area contributed by atoms with Crippen LogP contribution < -0.4 is 10.6 Å². The predicted molar refractivity (Wildman–Crippen MR) is 61.9 cm³/mol. The molecule has 0 aromatic carbocycles. The van der Waals surface area contributed by atoms with E-state index in [1.807, 2.05) is 0 Å². The average molecular weight is 258 g/mol. The van der Waals surface area contributed by atoms with Crippen molar-refractivity contribution >= 4 is 17.8 Å². The minimum absolute atomic E-state index is 0.150. The van der Waals surface area contributed by atoms with Gasteiger partial charge in [0.25, 0.3) is 0 Å². The zero-order valence-electron chi connectivity index (χ0n) is 10.1. The Balaban J connectivity index is 2.05. The third kappa shape index (κ3) is 6.19. The summed E-state index contributed by atoms with van der Waals surface area (Å²) >= 11 is 0. The van der Waals surface area contributed by atoms with Crippen LogP contribution in [0.5, 0.6) is 0 Å². The molecule has 1 unspecified atom stereocenters. The van der Waals surface area contributed by atoms with E-state index < -0.39 is 18.4 Å². The number of amides is 2. The maximum Gasteiger partial charge on any atom is 0.322 e. The molecule has 1 heterocycles. The fourth-order valence-corrected chi connectivity index (χ4v) is 1.67. The van der Waals surface area contributed by atoms with Gasteiger partial charge in [-0.1, -0.05) is 0 Å². The number of carbonyl (C=O) groups excluding carboxylic acids is 2. The smallest absolute Gasteiger partial charge is 0.322 e. The van der Waals surface area contributed by atoms with Crippen LogP contribution in [0.15, 0.2) is 0 Å². The topological polar surface area (TPSA) is 105 Å². The Kier molecular flexibility index (Phi) is 6.13. The first-order valence-electron chi connectivity index (χ1n) is 5.94. The van der Waals surface area contributed by atoms with Crippen LogP contribution in [-0.4, -0.2) is 48.7 Å². The number of hydrogen-bond donors (Lipinski definition) is 3. The summed E-state index contributed by atoms with van der Waals surface area (Å²) in [6.45, 7) is 0.117. The molecule has 0 aromatic heterocycles. The Bertz CT molecular complexity index is 313. The molecule has 0 spiro atoms. The Morgan fingerprint density at radius 3 is 2.50 bits per heavy atom. The molecule has 0 aromatic rings. The zero-order valence-corrected chi connectivity index (χ0v) is 10.1. The molecule has 0 aliphatic carbocycles. The Morgan fingerprint density at radius 2 is 1.89 bits per heavy atom. The minimum atomic E-state index is -1.12. The number of aliphatic carboxylic acids is 1. The van der Waals surface area contributed by atoms with Gasteiger partial charge in [0.15, 0.2) is 0 Å². The predicted octanol–water partition coefficient (Wildman–Crippen LogP) is -0.737. The van der Waals surface area contributed by atoms with Crippen molar-refractivity contribution in [2.24, 2.45) is 0 Å². The first-order chi connectivity index (χ1) is 8.58. The molecule has 0 bridgehead atoms. The number of rotatable bonds is 7. The van der Waals surface area contributed by atoms with Crippen LogP contribution in [0.1, 0.15) is 25.7 Å². The summed E-state index contributed by atoms with van der Waals surface area (Å²) in [6, 6.07) is 0. The number of ether oxygens (including phenoxy) is 1. The van der Waals surface area contributed by atoms with Gasteiger partial charge in [-0.2, -0.15) is 0 Å². The summed E-state index contributed by atoms with van der Waals surface area (Å²) in [7, 11) is 0. The molecule has 1 rings (SSSR count). The summed E-state index contributed by atoms with van der Waals surface area (Å²) in [6.07, 6.45) is 3.13. The summed E-state index contributed by atoms with van der Waals surface area (Å²) in [5, 5.41) is 12.9. The quantitative estimate of drug-likeness (QED) is 0.558. The van der Waals surface area contributed by atoms with E-state index in [1.54, 1.807) is 0 Å². The molecule has 2 amide bonds.